The Kier molecular flexibility index (Phi) is 4.38. The summed E-state index contributed by atoms with van der Waals surface area (Å²) in [6.45, 7) is 1.34. The number of nitrogens with zero attached hydrogens (tertiary/aromatic N) is 3. The van der Waals surface area contributed by atoms with E-state index in [1.54, 1.807) is 0 Å². The van der Waals surface area contributed by atoms with Gasteiger partial charge in [0.15, 0.2) is 0 Å². The zero-order valence-electron chi connectivity index (χ0n) is 13.8. The van der Waals surface area contributed by atoms with Crippen molar-refractivity contribution in [3.63, 3.8) is 0 Å². The summed E-state index contributed by atoms with van der Waals surface area (Å²) in [5.74, 6) is 0.0969. The molecule has 0 saturated carbocycles. The summed E-state index contributed by atoms with van der Waals surface area (Å²) in [5, 5.41) is 6.45. The highest BCUT2D eigenvalue weighted by molar-refractivity contribution is 7.12. The second kappa shape index (κ2) is 6.82. The molecule has 5 nitrogen and oxygen atoms in total. The number of likely N-dealkylation sites (tertiary alicyclic amines) is 1. The highest BCUT2D eigenvalue weighted by atomic mass is 32.1. The van der Waals surface area contributed by atoms with Crippen LogP contribution in [-0.2, 0) is 0 Å². The molecule has 1 aliphatic heterocycles. The van der Waals surface area contributed by atoms with E-state index in [1.807, 2.05) is 63.8 Å². The van der Waals surface area contributed by atoms with E-state index in [0.717, 1.165) is 41.1 Å². The maximum atomic E-state index is 12.7. The third kappa shape index (κ3) is 3.10. The lowest BCUT2D eigenvalue weighted by Gasteiger charge is -2.22. The molecule has 1 amide bonds. The quantitative estimate of drug-likeness (QED) is 0.784. The topological polar surface area (TPSA) is 64.2 Å². The van der Waals surface area contributed by atoms with E-state index in [0.29, 0.717) is 6.54 Å². The van der Waals surface area contributed by atoms with E-state index in [1.165, 1.54) is 11.3 Å². The van der Waals surface area contributed by atoms with Gasteiger partial charge in [-0.1, -0.05) is 18.2 Å². The number of amides is 1. The molecule has 1 saturated heterocycles. The lowest BCUT2D eigenvalue weighted by atomic mass is 10.2. The molecule has 1 aliphatic rings. The average Bonchev–Trinajstić information content (AvgIpc) is 3.41. The van der Waals surface area contributed by atoms with Crippen molar-refractivity contribution < 1.29 is 4.79 Å². The number of thiophene rings is 1. The molecule has 1 unspecified atom stereocenters. The third-order valence-corrected chi connectivity index (χ3v) is 5.58. The minimum absolute atomic E-state index is 0.0969. The molecule has 4 rings (SSSR count). The molecular formula is C19H20N4OS. The van der Waals surface area contributed by atoms with Crippen LogP contribution in [0.5, 0.6) is 0 Å². The number of rotatable bonds is 4. The molecule has 1 atom stereocenters. The zero-order chi connectivity index (χ0) is 17.2. The van der Waals surface area contributed by atoms with Gasteiger partial charge >= 0.3 is 0 Å². The second-order valence-electron chi connectivity index (χ2n) is 6.24. The van der Waals surface area contributed by atoms with Crippen molar-refractivity contribution in [3.8, 4) is 16.8 Å². The fraction of sp³-hybridized carbons (Fsp3) is 0.263. The van der Waals surface area contributed by atoms with Crippen LogP contribution in [0.3, 0.4) is 0 Å². The molecule has 0 spiro atoms. The molecule has 25 heavy (non-hydrogen) atoms. The molecule has 2 N–H and O–H groups in total. The fourth-order valence-corrected chi connectivity index (χ4v) is 4.15. The molecule has 3 heterocycles. The summed E-state index contributed by atoms with van der Waals surface area (Å²) in [4.78, 5) is 15.4. The van der Waals surface area contributed by atoms with Crippen LogP contribution in [0.1, 0.15) is 22.5 Å². The average molecular weight is 352 g/mol. The van der Waals surface area contributed by atoms with E-state index >= 15 is 0 Å². The Bertz CT molecular complexity index is 870. The lowest BCUT2D eigenvalue weighted by Crippen LogP contribution is -2.39. The van der Waals surface area contributed by atoms with Crippen molar-refractivity contribution in [1.82, 2.24) is 14.7 Å². The normalized spacial score (nSPS) is 17.2. The van der Waals surface area contributed by atoms with Gasteiger partial charge in [-0.3, -0.25) is 4.79 Å². The summed E-state index contributed by atoms with van der Waals surface area (Å²) >= 11 is 1.49. The van der Waals surface area contributed by atoms with Crippen molar-refractivity contribution in [2.75, 3.05) is 13.1 Å². The standard InChI is InChI=1S/C19H20N4OS/c20-10-17-7-4-8-22(17)19(24)18-9-14(13-25-18)15-11-21-23(12-15)16-5-2-1-3-6-16/h1-3,5-6,9,11-13,17H,4,7-8,10,20H2. The van der Waals surface area contributed by atoms with Crippen LogP contribution in [0.25, 0.3) is 16.8 Å². The number of carbonyl (C=O) groups is 1. The molecule has 1 fully saturated rings. The van der Waals surface area contributed by atoms with Gasteiger partial charge in [0.05, 0.1) is 16.8 Å². The largest absolute Gasteiger partial charge is 0.334 e. The van der Waals surface area contributed by atoms with Gasteiger partial charge in [-0.05, 0) is 42.0 Å². The maximum absolute atomic E-state index is 12.7. The summed E-state index contributed by atoms with van der Waals surface area (Å²) in [7, 11) is 0. The summed E-state index contributed by atoms with van der Waals surface area (Å²) in [6.07, 6.45) is 5.87. The highest BCUT2D eigenvalue weighted by Gasteiger charge is 2.29. The summed E-state index contributed by atoms with van der Waals surface area (Å²) < 4.78 is 1.85. The third-order valence-electron chi connectivity index (χ3n) is 4.66. The summed E-state index contributed by atoms with van der Waals surface area (Å²) in [6, 6.07) is 12.1. The molecule has 1 aromatic carbocycles. The molecule has 0 aliphatic carbocycles. The second-order valence-corrected chi connectivity index (χ2v) is 7.15. The minimum Gasteiger partial charge on any atom is -0.334 e. The Morgan fingerprint density at radius 2 is 2.12 bits per heavy atom. The van der Waals surface area contributed by atoms with Crippen molar-refractivity contribution in [2.45, 2.75) is 18.9 Å². The van der Waals surface area contributed by atoms with Gasteiger partial charge in [0.25, 0.3) is 5.91 Å². The number of carbonyl (C=O) groups excluding carboxylic acids is 1. The summed E-state index contributed by atoms with van der Waals surface area (Å²) in [5.41, 5.74) is 8.85. The number of hydrogen-bond donors (Lipinski definition) is 1. The molecule has 6 heteroatoms. The number of benzene rings is 1. The van der Waals surface area contributed by atoms with Gasteiger partial charge in [0.1, 0.15) is 0 Å². The van der Waals surface area contributed by atoms with Crippen molar-refractivity contribution in [2.24, 2.45) is 5.73 Å². The van der Waals surface area contributed by atoms with Gasteiger partial charge in [-0.25, -0.2) is 4.68 Å². The number of aromatic nitrogens is 2. The number of para-hydroxylation sites is 1. The van der Waals surface area contributed by atoms with Gasteiger partial charge in [-0.2, -0.15) is 5.10 Å². The van der Waals surface area contributed by atoms with Crippen LogP contribution < -0.4 is 5.73 Å². The first-order valence-corrected chi connectivity index (χ1v) is 9.34. The molecule has 0 radical (unpaired) electrons. The molecule has 3 aromatic rings. The van der Waals surface area contributed by atoms with Crippen LogP contribution in [0.15, 0.2) is 54.2 Å². The van der Waals surface area contributed by atoms with E-state index in [9.17, 15) is 4.79 Å². The monoisotopic (exact) mass is 352 g/mol. The van der Waals surface area contributed by atoms with Crippen LogP contribution in [-0.4, -0.2) is 39.7 Å². The predicted molar refractivity (Wildman–Crippen MR) is 100.0 cm³/mol. The van der Waals surface area contributed by atoms with Crippen LogP contribution in [0.4, 0.5) is 0 Å². The van der Waals surface area contributed by atoms with E-state index in [-0.39, 0.29) is 11.9 Å². The van der Waals surface area contributed by atoms with Crippen molar-refractivity contribution in [3.05, 3.63) is 59.0 Å². The van der Waals surface area contributed by atoms with Gasteiger partial charge < -0.3 is 10.6 Å². The first-order chi connectivity index (χ1) is 12.3. The molecule has 0 bridgehead atoms. The minimum atomic E-state index is 0.0969. The zero-order valence-corrected chi connectivity index (χ0v) is 14.7. The Hall–Kier alpha value is -2.44. The van der Waals surface area contributed by atoms with Crippen LogP contribution in [0.2, 0.25) is 0 Å². The number of hydrogen-bond acceptors (Lipinski definition) is 4. The highest BCUT2D eigenvalue weighted by Crippen LogP contribution is 2.28. The van der Waals surface area contributed by atoms with Crippen molar-refractivity contribution >= 4 is 17.2 Å². The molecule has 2 aromatic heterocycles. The Morgan fingerprint density at radius 3 is 2.92 bits per heavy atom. The Balaban J connectivity index is 1.56. The smallest absolute Gasteiger partial charge is 0.264 e. The van der Waals surface area contributed by atoms with E-state index in [4.69, 9.17) is 5.73 Å². The Morgan fingerprint density at radius 1 is 1.28 bits per heavy atom. The fourth-order valence-electron chi connectivity index (χ4n) is 3.28. The first kappa shape index (κ1) is 16.1. The van der Waals surface area contributed by atoms with Gasteiger partial charge in [0.2, 0.25) is 0 Å². The lowest BCUT2D eigenvalue weighted by molar-refractivity contribution is 0.0746. The maximum Gasteiger partial charge on any atom is 0.264 e. The van der Waals surface area contributed by atoms with Gasteiger partial charge in [-0.15, -0.1) is 11.3 Å². The van der Waals surface area contributed by atoms with Crippen LogP contribution in [0, 0.1) is 0 Å². The van der Waals surface area contributed by atoms with Gasteiger partial charge in [0, 0.05) is 30.9 Å². The molecule has 128 valence electrons. The van der Waals surface area contributed by atoms with E-state index in [2.05, 4.69) is 5.10 Å². The van der Waals surface area contributed by atoms with E-state index < -0.39 is 0 Å². The van der Waals surface area contributed by atoms with Crippen molar-refractivity contribution in [1.29, 1.82) is 0 Å². The van der Waals surface area contributed by atoms with Crippen LogP contribution >= 0.6 is 11.3 Å². The SMILES string of the molecule is NCC1CCCN1C(=O)c1cc(-c2cnn(-c3ccccc3)c2)cs1. The number of nitrogens with two attached hydrogens (primary N) is 1. The first-order valence-electron chi connectivity index (χ1n) is 8.46. The molecular weight excluding hydrogens is 332 g/mol. The predicted octanol–water partition coefficient (Wildman–Crippen LogP) is 3.16. The Labute approximate surface area is 150 Å².